The van der Waals surface area contributed by atoms with Crippen LogP contribution in [-0.4, -0.2) is 29.1 Å². The summed E-state index contributed by atoms with van der Waals surface area (Å²) in [5.41, 5.74) is 1.97. The van der Waals surface area contributed by atoms with Gasteiger partial charge in [-0.2, -0.15) is 0 Å². The molecule has 3 aromatic rings. The molecule has 0 aliphatic heterocycles. The molecule has 1 aromatic heterocycles. The molecule has 0 fully saturated rings. The Morgan fingerprint density at radius 2 is 1.85 bits per heavy atom. The van der Waals surface area contributed by atoms with Crippen LogP contribution < -0.4 is 10.2 Å². The maximum absolute atomic E-state index is 12.7. The van der Waals surface area contributed by atoms with E-state index in [-0.39, 0.29) is 11.8 Å². The predicted molar refractivity (Wildman–Crippen MR) is 107 cm³/mol. The summed E-state index contributed by atoms with van der Waals surface area (Å²) in [6, 6.07) is 14.5. The molecule has 1 heterocycles. The highest BCUT2D eigenvalue weighted by molar-refractivity contribution is 9.10. The Hall–Kier alpha value is -2.58. The average Bonchev–Trinajstić information content (AvgIpc) is 3.11. The van der Waals surface area contributed by atoms with Crippen molar-refractivity contribution < 1.29 is 9.59 Å². The van der Waals surface area contributed by atoms with Crippen molar-refractivity contribution in [3.63, 3.8) is 0 Å². The summed E-state index contributed by atoms with van der Waals surface area (Å²) in [6.07, 6.45) is 0. The summed E-state index contributed by atoms with van der Waals surface area (Å²) in [7, 11) is 1.65. The van der Waals surface area contributed by atoms with Crippen LogP contribution in [0.2, 0.25) is 0 Å². The molecule has 6 nitrogen and oxygen atoms in total. The molecular formula is C18H15BrN4O2S. The van der Waals surface area contributed by atoms with Crippen LogP contribution in [0.4, 0.5) is 10.8 Å². The molecule has 1 N–H and O–H groups in total. The van der Waals surface area contributed by atoms with Crippen LogP contribution in [0, 0.1) is 0 Å². The average molecular weight is 431 g/mol. The monoisotopic (exact) mass is 430 g/mol. The van der Waals surface area contributed by atoms with Gasteiger partial charge in [-0.15, -0.1) is 10.2 Å². The van der Waals surface area contributed by atoms with Crippen molar-refractivity contribution in [3.8, 4) is 10.6 Å². The molecular weight excluding hydrogens is 416 g/mol. The fourth-order valence-corrected chi connectivity index (χ4v) is 3.35. The first-order chi connectivity index (χ1) is 12.4. The number of hydrogen-bond acceptors (Lipinski definition) is 5. The van der Waals surface area contributed by atoms with Gasteiger partial charge in [-0.3, -0.25) is 14.5 Å². The SMILES string of the molecule is CC(=O)Nc1cccc(C(=O)N(C)c2nnc(-c3ccc(Br)cc3)s2)c1. The topological polar surface area (TPSA) is 75.2 Å². The number of nitrogens with one attached hydrogen (secondary N) is 1. The highest BCUT2D eigenvalue weighted by Crippen LogP contribution is 2.29. The van der Waals surface area contributed by atoms with E-state index in [9.17, 15) is 9.59 Å². The van der Waals surface area contributed by atoms with Gasteiger partial charge in [0.1, 0.15) is 5.01 Å². The minimum absolute atomic E-state index is 0.189. The Kier molecular flexibility index (Phi) is 5.43. The van der Waals surface area contributed by atoms with Gasteiger partial charge in [-0.05, 0) is 30.3 Å². The standard InChI is InChI=1S/C18H15BrN4O2S/c1-11(24)20-15-5-3-4-13(10-15)17(25)23(2)18-22-21-16(26-18)12-6-8-14(19)9-7-12/h3-10H,1-2H3,(H,20,24). The lowest BCUT2D eigenvalue weighted by atomic mass is 10.2. The quantitative estimate of drug-likeness (QED) is 0.672. The molecule has 0 saturated carbocycles. The van der Waals surface area contributed by atoms with Crippen molar-refractivity contribution in [2.24, 2.45) is 0 Å². The smallest absolute Gasteiger partial charge is 0.259 e. The zero-order valence-electron chi connectivity index (χ0n) is 14.1. The van der Waals surface area contributed by atoms with Gasteiger partial charge in [0.15, 0.2) is 0 Å². The molecule has 0 bridgehead atoms. The maximum atomic E-state index is 12.7. The lowest BCUT2D eigenvalue weighted by Gasteiger charge is -2.13. The van der Waals surface area contributed by atoms with Gasteiger partial charge in [0, 0.05) is 35.3 Å². The second kappa shape index (κ2) is 7.76. The summed E-state index contributed by atoms with van der Waals surface area (Å²) in [5.74, 6) is -0.415. The highest BCUT2D eigenvalue weighted by atomic mass is 79.9. The normalized spacial score (nSPS) is 10.4. The number of amides is 2. The van der Waals surface area contributed by atoms with E-state index in [1.54, 1.807) is 31.3 Å². The minimum atomic E-state index is -0.226. The molecule has 0 radical (unpaired) electrons. The zero-order chi connectivity index (χ0) is 18.7. The number of carbonyl (C=O) groups is 2. The number of rotatable bonds is 4. The van der Waals surface area contributed by atoms with Crippen molar-refractivity contribution in [1.82, 2.24) is 10.2 Å². The third-order valence-corrected chi connectivity index (χ3v) is 5.10. The van der Waals surface area contributed by atoms with Crippen LogP contribution in [0.15, 0.2) is 53.0 Å². The second-order valence-corrected chi connectivity index (χ2v) is 7.39. The summed E-state index contributed by atoms with van der Waals surface area (Å²) in [4.78, 5) is 25.4. The first-order valence-corrected chi connectivity index (χ1v) is 9.30. The van der Waals surface area contributed by atoms with Crippen LogP contribution >= 0.6 is 27.3 Å². The van der Waals surface area contributed by atoms with Gasteiger partial charge < -0.3 is 5.32 Å². The van der Waals surface area contributed by atoms with Crippen LogP contribution in [-0.2, 0) is 4.79 Å². The van der Waals surface area contributed by atoms with Gasteiger partial charge in [-0.1, -0.05) is 45.5 Å². The summed E-state index contributed by atoms with van der Waals surface area (Å²) >= 11 is 4.74. The number of benzene rings is 2. The van der Waals surface area contributed by atoms with Crippen LogP contribution in [0.1, 0.15) is 17.3 Å². The third-order valence-electron chi connectivity index (χ3n) is 3.53. The molecule has 2 amide bonds. The molecule has 8 heteroatoms. The van der Waals surface area contributed by atoms with Gasteiger partial charge in [0.2, 0.25) is 11.0 Å². The molecule has 0 atom stereocenters. The predicted octanol–water partition coefficient (Wildman–Crippen LogP) is 4.20. The molecule has 26 heavy (non-hydrogen) atoms. The minimum Gasteiger partial charge on any atom is -0.326 e. The van der Waals surface area contributed by atoms with Crippen molar-refractivity contribution in [3.05, 3.63) is 58.6 Å². The zero-order valence-corrected chi connectivity index (χ0v) is 16.5. The molecule has 0 aliphatic rings. The van der Waals surface area contributed by atoms with E-state index in [4.69, 9.17) is 0 Å². The Labute approximate surface area is 163 Å². The molecule has 132 valence electrons. The van der Waals surface area contributed by atoms with Crippen LogP contribution in [0.3, 0.4) is 0 Å². The molecule has 3 rings (SSSR count). The third kappa shape index (κ3) is 4.14. The fraction of sp³-hybridized carbons (Fsp3) is 0.111. The van der Waals surface area contributed by atoms with Crippen molar-refractivity contribution in [2.45, 2.75) is 6.92 Å². The van der Waals surface area contributed by atoms with Gasteiger partial charge in [0.25, 0.3) is 5.91 Å². The summed E-state index contributed by atoms with van der Waals surface area (Å²) in [5, 5.41) is 12.2. The van der Waals surface area contributed by atoms with Gasteiger partial charge in [-0.25, -0.2) is 0 Å². The second-order valence-electron chi connectivity index (χ2n) is 5.52. The molecule has 0 spiro atoms. The lowest BCUT2D eigenvalue weighted by Crippen LogP contribution is -2.26. The first-order valence-electron chi connectivity index (χ1n) is 7.69. The highest BCUT2D eigenvalue weighted by Gasteiger charge is 2.18. The number of hydrogen-bond donors (Lipinski definition) is 1. The van der Waals surface area contributed by atoms with E-state index >= 15 is 0 Å². The van der Waals surface area contributed by atoms with Crippen molar-refractivity contribution >= 4 is 49.9 Å². The Morgan fingerprint density at radius 3 is 2.54 bits per heavy atom. The van der Waals surface area contributed by atoms with E-state index in [0.717, 1.165) is 15.0 Å². The Morgan fingerprint density at radius 1 is 1.12 bits per heavy atom. The fourth-order valence-electron chi connectivity index (χ4n) is 2.27. The van der Waals surface area contributed by atoms with E-state index in [0.29, 0.717) is 16.4 Å². The molecule has 2 aromatic carbocycles. The van der Waals surface area contributed by atoms with Crippen molar-refractivity contribution in [1.29, 1.82) is 0 Å². The summed E-state index contributed by atoms with van der Waals surface area (Å²) < 4.78 is 0.984. The number of aromatic nitrogens is 2. The molecule has 0 aliphatic carbocycles. The van der Waals surface area contributed by atoms with E-state index < -0.39 is 0 Å². The van der Waals surface area contributed by atoms with Crippen LogP contribution in [0.25, 0.3) is 10.6 Å². The lowest BCUT2D eigenvalue weighted by molar-refractivity contribution is -0.114. The van der Waals surface area contributed by atoms with Gasteiger partial charge >= 0.3 is 0 Å². The number of nitrogens with zero attached hydrogens (tertiary/aromatic N) is 3. The van der Waals surface area contributed by atoms with E-state index in [1.807, 2.05) is 24.3 Å². The van der Waals surface area contributed by atoms with E-state index in [1.165, 1.54) is 23.2 Å². The van der Waals surface area contributed by atoms with Gasteiger partial charge in [0.05, 0.1) is 0 Å². The number of halogens is 1. The number of carbonyl (C=O) groups excluding carboxylic acids is 2. The maximum Gasteiger partial charge on any atom is 0.259 e. The van der Waals surface area contributed by atoms with E-state index in [2.05, 4.69) is 31.4 Å². The first kappa shape index (κ1) is 18.2. The largest absolute Gasteiger partial charge is 0.326 e. The van der Waals surface area contributed by atoms with Crippen molar-refractivity contribution in [2.75, 3.05) is 17.3 Å². The summed E-state index contributed by atoms with van der Waals surface area (Å²) in [6.45, 7) is 1.42. The Balaban J connectivity index is 1.81. The Bertz CT molecular complexity index is 956. The number of anilines is 2. The van der Waals surface area contributed by atoms with Crippen LogP contribution in [0.5, 0.6) is 0 Å². The molecule has 0 saturated heterocycles. The molecule has 0 unspecified atom stereocenters.